The smallest absolute Gasteiger partial charge is 0.267 e. The van der Waals surface area contributed by atoms with Crippen molar-refractivity contribution in [3.63, 3.8) is 0 Å². The van der Waals surface area contributed by atoms with Gasteiger partial charge < -0.3 is 16.4 Å². The number of nitrogens with zero attached hydrogens (tertiary/aromatic N) is 3. The van der Waals surface area contributed by atoms with Crippen molar-refractivity contribution in [1.29, 1.82) is 0 Å². The van der Waals surface area contributed by atoms with Crippen LogP contribution in [0.1, 0.15) is 20.8 Å². The molecule has 0 radical (unpaired) electrons. The molecule has 4 N–H and O–H groups in total. The first kappa shape index (κ1) is 14.4. The fourth-order valence-electron chi connectivity index (χ4n) is 2.21. The molecule has 1 aliphatic heterocycles. The summed E-state index contributed by atoms with van der Waals surface area (Å²) in [5.74, 6) is -0.666. The zero-order valence-corrected chi connectivity index (χ0v) is 11.3. The second kappa shape index (κ2) is 6.44. The number of hydrogen-bond donors (Lipinski definition) is 2. The number of rotatable bonds is 4. The molecule has 7 nitrogen and oxygen atoms in total. The van der Waals surface area contributed by atoms with Gasteiger partial charge in [-0.15, -0.1) is 0 Å². The number of piperazine rings is 1. The SMILES string of the molecule is NCCN1CCN(C(=O)c2ccc(C(N)=O)nc2)CC1. The van der Waals surface area contributed by atoms with Gasteiger partial charge >= 0.3 is 0 Å². The van der Waals surface area contributed by atoms with E-state index in [0.29, 0.717) is 25.2 Å². The number of carbonyl (C=O) groups excluding carboxylic acids is 2. The Balaban J connectivity index is 1.96. The number of carbonyl (C=O) groups is 2. The third kappa shape index (κ3) is 3.31. The molecule has 7 heteroatoms. The van der Waals surface area contributed by atoms with Crippen LogP contribution in [0.25, 0.3) is 0 Å². The molecular formula is C13H19N5O2. The Hall–Kier alpha value is -1.99. The second-order valence-corrected chi connectivity index (χ2v) is 4.72. The molecule has 1 aromatic heterocycles. The van der Waals surface area contributed by atoms with Crippen LogP contribution in [-0.4, -0.2) is 65.9 Å². The highest BCUT2D eigenvalue weighted by atomic mass is 16.2. The first-order valence-electron chi connectivity index (χ1n) is 6.59. The Bertz CT molecular complexity index is 480. The van der Waals surface area contributed by atoms with Crippen molar-refractivity contribution in [1.82, 2.24) is 14.8 Å². The molecule has 20 heavy (non-hydrogen) atoms. The summed E-state index contributed by atoms with van der Waals surface area (Å²) >= 11 is 0. The average molecular weight is 277 g/mol. The molecule has 0 aromatic carbocycles. The van der Waals surface area contributed by atoms with E-state index >= 15 is 0 Å². The zero-order valence-electron chi connectivity index (χ0n) is 11.3. The molecule has 0 unspecified atom stereocenters. The Kier molecular flexibility index (Phi) is 4.65. The number of nitrogens with two attached hydrogens (primary N) is 2. The van der Waals surface area contributed by atoms with E-state index in [2.05, 4.69) is 9.88 Å². The van der Waals surface area contributed by atoms with E-state index in [9.17, 15) is 9.59 Å². The number of hydrogen-bond acceptors (Lipinski definition) is 5. The summed E-state index contributed by atoms with van der Waals surface area (Å²) in [6.45, 7) is 4.50. The molecule has 108 valence electrons. The predicted molar refractivity (Wildman–Crippen MR) is 74.2 cm³/mol. The third-order valence-corrected chi connectivity index (χ3v) is 3.37. The van der Waals surface area contributed by atoms with Crippen LogP contribution in [0.4, 0.5) is 0 Å². The highest BCUT2D eigenvalue weighted by Gasteiger charge is 2.21. The molecular weight excluding hydrogens is 258 g/mol. The molecule has 2 heterocycles. The number of amides is 2. The summed E-state index contributed by atoms with van der Waals surface area (Å²) in [5, 5.41) is 0. The van der Waals surface area contributed by atoms with E-state index in [4.69, 9.17) is 11.5 Å². The summed E-state index contributed by atoms with van der Waals surface area (Å²) in [5.41, 5.74) is 11.3. The summed E-state index contributed by atoms with van der Waals surface area (Å²) in [4.78, 5) is 31.1. The molecule has 1 aliphatic rings. The van der Waals surface area contributed by atoms with Crippen molar-refractivity contribution in [3.8, 4) is 0 Å². The number of aromatic nitrogens is 1. The van der Waals surface area contributed by atoms with E-state index in [-0.39, 0.29) is 11.6 Å². The van der Waals surface area contributed by atoms with E-state index in [1.165, 1.54) is 12.3 Å². The molecule has 0 saturated carbocycles. The van der Waals surface area contributed by atoms with Gasteiger partial charge in [0.1, 0.15) is 5.69 Å². The Morgan fingerprint density at radius 1 is 1.20 bits per heavy atom. The van der Waals surface area contributed by atoms with Crippen LogP contribution in [0.5, 0.6) is 0 Å². The fraction of sp³-hybridized carbons (Fsp3) is 0.462. The minimum Gasteiger partial charge on any atom is -0.364 e. The van der Waals surface area contributed by atoms with Gasteiger partial charge in [-0.25, -0.2) is 0 Å². The monoisotopic (exact) mass is 277 g/mol. The van der Waals surface area contributed by atoms with Crippen LogP contribution < -0.4 is 11.5 Å². The summed E-state index contributed by atoms with van der Waals surface area (Å²) in [7, 11) is 0. The molecule has 0 atom stereocenters. The summed E-state index contributed by atoms with van der Waals surface area (Å²) in [6.07, 6.45) is 1.40. The third-order valence-electron chi connectivity index (χ3n) is 3.37. The van der Waals surface area contributed by atoms with E-state index < -0.39 is 5.91 Å². The molecule has 2 rings (SSSR count). The summed E-state index contributed by atoms with van der Waals surface area (Å²) in [6, 6.07) is 3.06. The van der Waals surface area contributed by atoms with Gasteiger partial charge in [0.05, 0.1) is 5.56 Å². The maximum Gasteiger partial charge on any atom is 0.267 e. The van der Waals surface area contributed by atoms with Gasteiger partial charge in [-0.2, -0.15) is 0 Å². The molecule has 0 bridgehead atoms. The highest BCUT2D eigenvalue weighted by molar-refractivity contribution is 5.95. The van der Waals surface area contributed by atoms with E-state index in [0.717, 1.165) is 19.6 Å². The average Bonchev–Trinajstić information content (AvgIpc) is 2.48. The predicted octanol–water partition coefficient (Wildman–Crippen LogP) is -1.10. The maximum absolute atomic E-state index is 12.3. The van der Waals surface area contributed by atoms with Crippen molar-refractivity contribution in [2.45, 2.75) is 0 Å². The van der Waals surface area contributed by atoms with Gasteiger partial charge in [-0.1, -0.05) is 0 Å². The van der Waals surface area contributed by atoms with Crippen LogP contribution in [0.3, 0.4) is 0 Å². The standard InChI is InChI=1S/C13H19N5O2/c14-3-4-17-5-7-18(8-6-17)13(20)10-1-2-11(12(15)19)16-9-10/h1-2,9H,3-8,14H2,(H2,15,19). The molecule has 0 spiro atoms. The van der Waals surface area contributed by atoms with Crippen molar-refractivity contribution >= 4 is 11.8 Å². The Morgan fingerprint density at radius 3 is 2.40 bits per heavy atom. The van der Waals surface area contributed by atoms with Crippen LogP contribution >= 0.6 is 0 Å². The van der Waals surface area contributed by atoms with E-state index in [1.54, 1.807) is 11.0 Å². The highest BCUT2D eigenvalue weighted by Crippen LogP contribution is 2.08. The summed E-state index contributed by atoms with van der Waals surface area (Å²) < 4.78 is 0. The molecule has 1 fully saturated rings. The normalized spacial score (nSPS) is 16.1. The van der Waals surface area contributed by atoms with Crippen LogP contribution in [0.15, 0.2) is 18.3 Å². The number of primary amides is 1. The van der Waals surface area contributed by atoms with Crippen molar-refractivity contribution in [2.75, 3.05) is 39.3 Å². The van der Waals surface area contributed by atoms with Crippen LogP contribution in [0.2, 0.25) is 0 Å². The second-order valence-electron chi connectivity index (χ2n) is 4.72. The van der Waals surface area contributed by atoms with Crippen molar-refractivity contribution in [2.24, 2.45) is 11.5 Å². The van der Waals surface area contributed by atoms with E-state index in [1.807, 2.05) is 0 Å². The lowest BCUT2D eigenvalue weighted by Crippen LogP contribution is -2.49. The van der Waals surface area contributed by atoms with Crippen LogP contribution in [-0.2, 0) is 0 Å². The van der Waals surface area contributed by atoms with Crippen molar-refractivity contribution in [3.05, 3.63) is 29.6 Å². The minimum atomic E-state index is -0.598. The first-order valence-corrected chi connectivity index (χ1v) is 6.59. The molecule has 1 saturated heterocycles. The lowest BCUT2D eigenvalue weighted by Gasteiger charge is -2.34. The Labute approximate surface area is 117 Å². The fourth-order valence-corrected chi connectivity index (χ4v) is 2.21. The zero-order chi connectivity index (χ0) is 14.5. The van der Waals surface area contributed by atoms with Gasteiger partial charge in [0.25, 0.3) is 11.8 Å². The largest absolute Gasteiger partial charge is 0.364 e. The first-order chi connectivity index (χ1) is 9.61. The van der Waals surface area contributed by atoms with Crippen molar-refractivity contribution < 1.29 is 9.59 Å². The van der Waals surface area contributed by atoms with Gasteiger partial charge in [-0.3, -0.25) is 19.5 Å². The van der Waals surface area contributed by atoms with Gasteiger partial charge in [0.2, 0.25) is 0 Å². The topological polar surface area (TPSA) is 106 Å². The number of pyridine rings is 1. The molecule has 2 amide bonds. The maximum atomic E-state index is 12.3. The van der Waals surface area contributed by atoms with Gasteiger partial charge in [0, 0.05) is 45.5 Å². The minimum absolute atomic E-state index is 0.0686. The Morgan fingerprint density at radius 2 is 1.90 bits per heavy atom. The lowest BCUT2D eigenvalue weighted by molar-refractivity contribution is 0.0640. The van der Waals surface area contributed by atoms with Crippen LogP contribution in [0, 0.1) is 0 Å². The molecule has 1 aromatic rings. The van der Waals surface area contributed by atoms with Gasteiger partial charge in [0.15, 0.2) is 0 Å². The lowest BCUT2D eigenvalue weighted by atomic mass is 10.2. The van der Waals surface area contributed by atoms with Gasteiger partial charge in [-0.05, 0) is 12.1 Å². The molecule has 0 aliphatic carbocycles. The quantitative estimate of drug-likeness (QED) is 0.726.